The predicted octanol–water partition coefficient (Wildman–Crippen LogP) is 1.45. The van der Waals surface area contributed by atoms with Gasteiger partial charge in [0.1, 0.15) is 0 Å². The topological polar surface area (TPSA) is 72.0 Å². The number of pyridine rings is 1. The van der Waals surface area contributed by atoms with E-state index in [9.17, 15) is 9.59 Å². The monoisotopic (exact) mass is 353 g/mol. The van der Waals surface area contributed by atoms with Crippen molar-refractivity contribution in [2.24, 2.45) is 0 Å². The Balaban J connectivity index is 1.32. The molecule has 0 radical (unpaired) electrons. The minimum atomic E-state index is 0.00847. The lowest BCUT2D eigenvalue weighted by molar-refractivity contribution is 0.0624. The Bertz CT molecular complexity index is 817. The highest BCUT2D eigenvalue weighted by molar-refractivity contribution is 5.98. The van der Waals surface area contributed by atoms with Gasteiger partial charge in [-0.2, -0.15) is 0 Å². The summed E-state index contributed by atoms with van der Waals surface area (Å²) < 4.78 is 10.6. The molecule has 4 rings (SSSR count). The Hall–Kier alpha value is -2.93. The van der Waals surface area contributed by atoms with E-state index in [-0.39, 0.29) is 18.5 Å². The van der Waals surface area contributed by atoms with Gasteiger partial charge in [0.25, 0.3) is 5.91 Å². The van der Waals surface area contributed by atoms with Crippen LogP contribution in [0.4, 0.5) is 0 Å². The largest absolute Gasteiger partial charge is 0.454 e. The maximum atomic E-state index is 12.5. The number of Topliss-reactive ketones (excluding diaryl/α,β-unsaturated/α-hetero) is 1. The molecule has 0 atom stereocenters. The first-order valence-corrected chi connectivity index (χ1v) is 8.55. The van der Waals surface area contributed by atoms with Gasteiger partial charge in [-0.05, 0) is 30.3 Å². The van der Waals surface area contributed by atoms with Crippen LogP contribution in [0.1, 0.15) is 20.7 Å². The SMILES string of the molecule is O=C(CN1CCN(C(=O)c2ccncc2)CC1)c1ccc2c(c1)OCO2. The number of ketones is 1. The summed E-state index contributed by atoms with van der Waals surface area (Å²) in [7, 11) is 0. The summed E-state index contributed by atoms with van der Waals surface area (Å²) in [5.74, 6) is 1.33. The number of carbonyl (C=O) groups excluding carboxylic acids is 2. The molecule has 7 nitrogen and oxygen atoms in total. The van der Waals surface area contributed by atoms with E-state index in [1.807, 2.05) is 4.90 Å². The van der Waals surface area contributed by atoms with Crippen LogP contribution in [-0.4, -0.2) is 66.0 Å². The Kier molecular flexibility index (Phi) is 4.53. The standard InChI is InChI=1S/C19H19N3O4/c23-16(15-1-2-17-18(11-15)26-13-25-17)12-21-7-9-22(10-8-21)19(24)14-3-5-20-6-4-14/h1-6,11H,7-10,12-13H2. The van der Waals surface area contributed by atoms with E-state index < -0.39 is 0 Å². The van der Waals surface area contributed by atoms with Crippen molar-refractivity contribution < 1.29 is 19.1 Å². The summed E-state index contributed by atoms with van der Waals surface area (Å²) in [6.07, 6.45) is 3.24. The molecule has 0 N–H and O–H groups in total. The van der Waals surface area contributed by atoms with E-state index in [0.717, 1.165) is 0 Å². The van der Waals surface area contributed by atoms with E-state index >= 15 is 0 Å². The van der Waals surface area contributed by atoms with Crippen LogP contribution >= 0.6 is 0 Å². The number of aromatic nitrogens is 1. The van der Waals surface area contributed by atoms with Gasteiger partial charge >= 0.3 is 0 Å². The highest BCUT2D eigenvalue weighted by Gasteiger charge is 2.24. The van der Waals surface area contributed by atoms with E-state index in [2.05, 4.69) is 9.88 Å². The van der Waals surface area contributed by atoms with Crippen LogP contribution in [0.15, 0.2) is 42.7 Å². The molecule has 1 amide bonds. The number of piperazine rings is 1. The van der Waals surface area contributed by atoms with Gasteiger partial charge in [0.2, 0.25) is 6.79 Å². The van der Waals surface area contributed by atoms with Crippen molar-refractivity contribution >= 4 is 11.7 Å². The maximum Gasteiger partial charge on any atom is 0.254 e. The number of fused-ring (bicyclic) bond motifs is 1. The molecule has 0 saturated carbocycles. The minimum absolute atomic E-state index is 0.00847. The van der Waals surface area contributed by atoms with Crippen LogP contribution in [0.3, 0.4) is 0 Å². The van der Waals surface area contributed by atoms with Crippen LogP contribution in [-0.2, 0) is 0 Å². The molecular formula is C19H19N3O4. The van der Waals surface area contributed by atoms with Crippen molar-refractivity contribution in [2.75, 3.05) is 39.5 Å². The molecule has 0 aliphatic carbocycles. The second-order valence-electron chi connectivity index (χ2n) is 6.30. The second kappa shape index (κ2) is 7.13. The molecule has 3 heterocycles. The molecule has 1 fully saturated rings. The Morgan fingerprint density at radius 1 is 0.923 bits per heavy atom. The molecule has 0 unspecified atom stereocenters. The zero-order chi connectivity index (χ0) is 17.9. The van der Waals surface area contributed by atoms with E-state index in [1.54, 1.807) is 42.7 Å². The van der Waals surface area contributed by atoms with Gasteiger partial charge in [0.05, 0.1) is 6.54 Å². The van der Waals surface area contributed by atoms with Crippen LogP contribution in [0.25, 0.3) is 0 Å². The first-order valence-electron chi connectivity index (χ1n) is 8.55. The summed E-state index contributed by atoms with van der Waals surface area (Å²) in [6, 6.07) is 8.70. The van der Waals surface area contributed by atoms with Crippen LogP contribution < -0.4 is 9.47 Å². The number of hydrogen-bond donors (Lipinski definition) is 0. The van der Waals surface area contributed by atoms with Gasteiger partial charge in [-0.25, -0.2) is 0 Å². The van der Waals surface area contributed by atoms with Crippen LogP contribution in [0.2, 0.25) is 0 Å². The van der Waals surface area contributed by atoms with Gasteiger partial charge < -0.3 is 14.4 Å². The molecule has 134 valence electrons. The maximum absolute atomic E-state index is 12.5. The number of benzene rings is 1. The highest BCUT2D eigenvalue weighted by atomic mass is 16.7. The van der Waals surface area contributed by atoms with Crippen molar-refractivity contribution in [3.05, 3.63) is 53.9 Å². The Morgan fingerprint density at radius 3 is 2.42 bits per heavy atom. The summed E-state index contributed by atoms with van der Waals surface area (Å²) in [4.78, 5) is 32.8. The molecule has 26 heavy (non-hydrogen) atoms. The Morgan fingerprint density at radius 2 is 1.65 bits per heavy atom. The lowest BCUT2D eigenvalue weighted by Crippen LogP contribution is -2.49. The summed E-state index contributed by atoms with van der Waals surface area (Å²) in [5, 5.41) is 0. The van der Waals surface area contributed by atoms with Crippen molar-refractivity contribution in [1.82, 2.24) is 14.8 Å². The average molecular weight is 353 g/mol. The molecule has 1 saturated heterocycles. The molecule has 7 heteroatoms. The predicted molar refractivity (Wildman–Crippen MR) is 93.5 cm³/mol. The second-order valence-corrected chi connectivity index (χ2v) is 6.30. The van der Waals surface area contributed by atoms with Gasteiger partial charge in [0, 0.05) is 49.7 Å². The number of hydrogen-bond acceptors (Lipinski definition) is 6. The van der Waals surface area contributed by atoms with Gasteiger partial charge in [-0.15, -0.1) is 0 Å². The summed E-state index contributed by atoms with van der Waals surface area (Å²) in [5.41, 5.74) is 1.26. The third-order valence-corrected chi connectivity index (χ3v) is 4.65. The van der Waals surface area contributed by atoms with Crippen molar-refractivity contribution in [3.8, 4) is 11.5 Å². The lowest BCUT2D eigenvalue weighted by atomic mass is 10.1. The van der Waals surface area contributed by atoms with E-state index in [4.69, 9.17) is 9.47 Å². The van der Waals surface area contributed by atoms with Gasteiger partial charge in [-0.3, -0.25) is 19.5 Å². The summed E-state index contributed by atoms with van der Waals surface area (Å²) in [6.45, 7) is 3.09. The van der Waals surface area contributed by atoms with E-state index in [0.29, 0.717) is 55.3 Å². The molecule has 0 spiro atoms. The van der Waals surface area contributed by atoms with Crippen molar-refractivity contribution in [1.29, 1.82) is 0 Å². The number of carbonyl (C=O) groups is 2. The number of amides is 1. The van der Waals surface area contributed by atoms with Gasteiger partial charge in [-0.1, -0.05) is 0 Å². The Labute approximate surface area is 151 Å². The van der Waals surface area contributed by atoms with Crippen LogP contribution in [0, 0.1) is 0 Å². The molecule has 2 aliphatic heterocycles. The number of nitrogens with zero attached hydrogens (tertiary/aromatic N) is 3. The zero-order valence-electron chi connectivity index (χ0n) is 14.3. The quantitative estimate of drug-likeness (QED) is 0.775. The minimum Gasteiger partial charge on any atom is -0.454 e. The smallest absolute Gasteiger partial charge is 0.254 e. The molecule has 0 bridgehead atoms. The fraction of sp³-hybridized carbons (Fsp3) is 0.316. The summed E-state index contributed by atoms with van der Waals surface area (Å²) >= 11 is 0. The lowest BCUT2D eigenvalue weighted by Gasteiger charge is -2.34. The fourth-order valence-corrected chi connectivity index (χ4v) is 3.15. The third-order valence-electron chi connectivity index (χ3n) is 4.65. The molecule has 2 aromatic rings. The first kappa shape index (κ1) is 16.5. The molecule has 1 aromatic carbocycles. The number of ether oxygens (including phenoxy) is 2. The van der Waals surface area contributed by atoms with E-state index in [1.165, 1.54) is 0 Å². The average Bonchev–Trinajstić information content (AvgIpc) is 3.16. The zero-order valence-corrected chi connectivity index (χ0v) is 14.3. The van der Waals surface area contributed by atoms with Crippen molar-refractivity contribution in [3.63, 3.8) is 0 Å². The van der Waals surface area contributed by atoms with Crippen LogP contribution in [0.5, 0.6) is 11.5 Å². The molecular weight excluding hydrogens is 334 g/mol. The number of rotatable bonds is 4. The fourth-order valence-electron chi connectivity index (χ4n) is 3.15. The molecule has 2 aliphatic rings. The normalized spacial score (nSPS) is 16.5. The van der Waals surface area contributed by atoms with Gasteiger partial charge in [0.15, 0.2) is 17.3 Å². The molecule has 1 aromatic heterocycles. The van der Waals surface area contributed by atoms with Crippen molar-refractivity contribution in [2.45, 2.75) is 0 Å². The third kappa shape index (κ3) is 3.39. The first-order chi connectivity index (χ1) is 12.7. The highest BCUT2D eigenvalue weighted by Crippen LogP contribution is 2.32.